The number of hydrogen-bond donors (Lipinski definition) is 2. The number of sulfonamides is 1. The number of carbonyl (C=O) groups is 2. The van der Waals surface area contributed by atoms with Crippen LogP contribution in [0.25, 0.3) is 0 Å². The summed E-state index contributed by atoms with van der Waals surface area (Å²) in [4.78, 5) is 24.7. The molecule has 0 saturated carbocycles. The highest BCUT2D eigenvalue weighted by Gasteiger charge is 2.51. The van der Waals surface area contributed by atoms with Crippen LogP contribution in [0.5, 0.6) is 0 Å². The van der Waals surface area contributed by atoms with Gasteiger partial charge in [-0.15, -0.1) is 0 Å². The van der Waals surface area contributed by atoms with Gasteiger partial charge in [0.1, 0.15) is 12.7 Å². The van der Waals surface area contributed by atoms with E-state index in [0.717, 1.165) is 6.92 Å². The number of hydrogen-bond acceptors (Lipinski definition) is 7. The Morgan fingerprint density at radius 1 is 0.939 bits per heavy atom. The maximum atomic E-state index is 12.8. The third-order valence-electron chi connectivity index (χ3n) is 4.52. The van der Waals surface area contributed by atoms with Crippen LogP contribution < -0.4 is 4.72 Å². The Hall–Kier alpha value is -1.61. The molecule has 0 aliphatic rings. The van der Waals surface area contributed by atoms with Crippen molar-refractivity contribution in [3.05, 3.63) is 0 Å². The van der Waals surface area contributed by atoms with E-state index in [-0.39, 0.29) is 6.42 Å². The first-order valence-electron chi connectivity index (χ1n) is 9.59. The van der Waals surface area contributed by atoms with Crippen LogP contribution in [0.3, 0.4) is 0 Å². The summed E-state index contributed by atoms with van der Waals surface area (Å²) in [6.45, 7) is 5.56. The van der Waals surface area contributed by atoms with Gasteiger partial charge >= 0.3 is 33.6 Å². The molecule has 0 aromatic rings. The number of aliphatic hydroxyl groups is 1. The van der Waals surface area contributed by atoms with Crippen molar-refractivity contribution in [2.45, 2.75) is 77.8 Å². The van der Waals surface area contributed by atoms with E-state index in [2.05, 4.69) is 0 Å². The molecule has 0 amide bonds. The summed E-state index contributed by atoms with van der Waals surface area (Å²) in [5, 5.41) is 9.51. The van der Waals surface area contributed by atoms with Crippen LogP contribution in [-0.2, 0) is 29.1 Å². The van der Waals surface area contributed by atoms with Gasteiger partial charge in [0.25, 0.3) is 0 Å². The standard InChI is InChI=1S/C18H29F6NO7S/c1-11(9-16(6,28)17(19,20)21)32-13(27)15(4,5)10-14(2,3)12(26)31-8-7-25-33(29,30)18(22,23)24/h11,25,28H,7-10H2,1-6H3. The van der Waals surface area contributed by atoms with Gasteiger partial charge in [-0.05, 0) is 48.0 Å². The first-order chi connectivity index (χ1) is 14.4. The molecular formula is C18H29F6NO7S. The number of ether oxygens (including phenoxy) is 2. The van der Waals surface area contributed by atoms with Gasteiger partial charge < -0.3 is 14.6 Å². The Kier molecular flexibility index (Phi) is 9.83. The Labute approximate surface area is 188 Å². The van der Waals surface area contributed by atoms with E-state index >= 15 is 0 Å². The fraction of sp³-hybridized carbons (Fsp3) is 0.889. The first-order valence-corrected chi connectivity index (χ1v) is 11.1. The Balaban J connectivity index is 4.93. The molecule has 0 aromatic carbocycles. The van der Waals surface area contributed by atoms with Gasteiger partial charge in [-0.3, -0.25) is 9.59 Å². The minimum Gasteiger partial charge on any atom is -0.464 e. The molecule has 196 valence electrons. The van der Waals surface area contributed by atoms with Crippen molar-refractivity contribution < 1.29 is 58.9 Å². The zero-order chi connectivity index (χ0) is 26.7. The molecule has 2 unspecified atom stereocenters. The highest BCUT2D eigenvalue weighted by Crippen LogP contribution is 2.38. The zero-order valence-corrected chi connectivity index (χ0v) is 19.8. The SMILES string of the molecule is CC(CC(C)(O)C(F)(F)F)OC(=O)C(C)(C)CC(C)(C)C(=O)OCCNS(=O)(=O)C(F)(F)F. The van der Waals surface area contributed by atoms with E-state index < -0.39 is 75.8 Å². The van der Waals surface area contributed by atoms with Gasteiger partial charge in [-0.2, -0.15) is 26.3 Å². The lowest BCUT2D eigenvalue weighted by atomic mass is 9.75. The largest absolute Gasteiger partial charge is 0.511 e. The Morgan fingerprint density at radius 2 is 1.39 bits per heavy atom. The summed E-state index contributed by atoms with van der Waals surface area (Å²) < 4.78 is 108. The zero-order valence-electron chi connectivity index (χ0n) is 19.0. The Bertz CT molecular complexity index is 804. The second kappa shape index (κ2) is 10.3. The maximum absolute atomic E-state index is 12.8. The second-order valence-electron chi connectivity index (χ2n) is 9.12. The van der Waals surface area contributed by atoms with Gasteiger partial charge in [0.2, 0.25) is 0 Å². The van der Waals surface area contributed by atoms with E-state index in [9.17, 15) is 49.5 Å². The number of rotatable bonds is 11. The van der Waals surface area contributed by atoms with Crippen LogP contribution in [0.2, 0.25) is 0 Å². The van der Waals surface area contributed by atoms with Crippen molar-refractivity contribution in [1.29, 1.82) is 0 Å². The van der Waals surface area contributed by atoms with E-state index in [4.69, 9.17) is 9.47 Å². The lowest BCUT2D eigenvalue weighted by Crippen LogP contribution is -2.46. The molecule has 0 spiro atoms. The van der Waals surface area contributed by atoms with Crippen molar-refractivity contribution in [1.82, 2.24) is 4.72 Å². The van der Waals surface area contributed by atoms with Crippen LogP contribution in [0.1, 0.15) is 54.4 Å². The van der Waals surface area contributed by atoms with Crippen molar-refractivity contribution in [2.75, 3.05) is 13.2 Å². The predicted octanol–water partition coefficient (Wildman–Crippen LogP) is 3.05. The average molecular weight is 517 g/mol. The lowest BCUT2D eigenvalue weighted by Gasteiger charge is -2.34. The number of carbonyl (C=O) groups excluding carboxylic acids is 2. The molecule has 15 heteroatoms. The summed E-state index contributed by atoms with van der Waals surface area (Å²) in [5.74, 6) is -1.91. The van der Waals surface area contributed by atoms with Crippen LogP contribution in [0.4, 0.5) is 26.3 Å². The molecule has 0 bridgehead atoms. The van der Waals surface area contributed by atoms with Crippen LogP contribution in [-0.4, -0.2) is 62.0 Å². The summed E-state index contributed by atoms with van der Waals surface area (Å²) in [6.07, 6.45) is -7.40. The fourth-order valence-corrected chi connectivity index (χ4v) is 3.42. The van der Waals surface area contributed by atoms with Crippen molar-refractivity contribution in [3.63, 3.8) is 0 Å². The minimum absolute atomic E-state index is 0.228. The monoisotopic (exact) mass is 517 g/mol. The normalized spacial score (nSPS) is 16.6. The van der Waals surface area contributed by atoms with Gasteiger partial charge in [0.05, 0.1) is 10.8 Å². The maximum Gasteiger partial charge on any atom is 0.511 e. The molecule has 33 heavy (non-hydrogen) atoms. The van der Waals surface area contributed by atoms with Gasteiger partial charge in [0, 0.05) is 13.0 Å². The Morgan fingerprint density at radius 3 is 1.82 bits per heavy atom. The molecule has 2 N–H and O–H groups in total. The molecule has 0 heterocycles. The smallest absolute Gasteiger partial charge is 0.464 e. The third-order valence-corrected chi connectivity index (χ3v) is 5.72. The van der Waals surface area contributed by atoms with E-state index in [1.165, 1.54) is 32.4 Å². The van der Waals surface area contributed by atoms with E-state index in [0.29, 0.717) is 6.92 Å². The van der Waals surface area contributed by atoms with Crippen molar-refractivity contribution >= 4 is 22.0 Å². The van der Waals surface area contributed by atoms with Crippen LogP contribution >= 0.6 is 0 Å². The van der Waals surface area contributed by atoms with Crippen LogP contribution in [0, 0.1) is 10.8 Å². The second-order valence-corrected chi connectivity index (χ2v) is 10.9. The molecule has 2 atom stereocenters. The number of alkyl halides is 6. The fourth-order valence-electron chi connectivity index (χ4n) is 2.91. The molecule has 0 saturated heterocycles. The van der Waals surface area contributed by atoms with Gasteiger partial charge in [-0.25, -0.2) is 13.1 Å². The topological polar surface area (TPSA) is 119 Å². The van der Waals surface area contributed by atoms with Gasteiger partial charge in [-0.1, -0.05) is 0 Å². The molecule has 0 fully saturated rings. The summed E-state index contributed by atoms with van der Waals surface area (Å²) in [6, 6.07) is 0. The van der Waals surface area contributed by atoms with E-state index in [1.807, 2.05) is 0 Å². The number of nitrogens with one attached hydrogen (secondary N) is 1. The number of esters is 2. The summed E-state index contributed by atoms with van der Waals surface area (Å²) in [7, 11) is -5.60. The van der Waals surface area contributed by atoms with Crippen molar-refractivity contribution in [3.8, 4) is 0 Å². The highest BCUT2D eigenvalue weighted by atomic mass is 32.2. The van der Waals surface area contributed by atoms with E-state index in [1.54, 1.807) is 0 Å². The average Bonchev–Trinajstić information content (AvgIpc) is 2.54. The molecular weight excluding hydrogens is 488 g/mol. The molecule has 8 nitrogen and oxygen atoms in total. The first kappa shape index (κ1) is 31.4. The highest BCUT2D eigenvalue weighted by molar-refractivity contribution is 7.90. The molecule has 0 aliphatic carbocycles. The molecule has 0 aromatic heterocycles. The number of halogens is 6. The predicted molar refractivity (Wildman–Crippen MR) is 103 cm³/mol. The minimum atomic E-state index is -5.60. The quantitative estimate of drug-likeness (QED) is 0.246. The van der Waals surface area contributed by atoms with Gasteiger partial charge in [0.15, 0.2) is 5.60 Å². The third kappa shape index (κ3) is 9.27. The molecule has 0 radical (unpaired) electrons. The lowest BCUT2D eigenvalue weighted by molar-refractivity contribution is -0.261. The van der Waals surface area contributed by atoms with Crippen molar-refractivity contribution in [2.24, 2.45) is 10.8 Å². The summed E-state index contributed by atoms with van der Waals surface area (Å²) >= 11 is 0. The summed E-state index contributed by atoms with van der Waals surface area (Å²) in [5.41, 5.74) is -11.4. The molecule has 0 rings (SSSR count). The molecule has 0 aliphatic heterocycles. The van der Waals surface area contributed by atoms with Crippen LogP contribution in [0.15, 0.2) is 0 Å².